The van der Waals surface area contributed by atoms with Crippen LogP contribution in [-0.4, -0.2) is 30.4 Å². The molecule has 0 aliphatic carbocycles. The average Bonchev–Trinajstić information content (AvgIpc) is 2.48. The second-order valence-corrected chi connectivity index (χ2v) is 4.33. The summed E-state index contributed by atoms with van der Waals surface area (Å²) in [7, 11) is 2.80. The van der Waals surface area contributed by atoms with Crippen molar-refractivity contribution in [2.75, 3.05) is 5.32 Å². The minimum absolute atomic E-state index is 0.0295. The monoisotopic (exact) mass is 291 g/mol. The zero-order valence-corrected chi connectivity index (χ0v) is 11.4. The van der Waals surface area contributed by atoms with Crippen LogP contribution >= 0.6 is 0 Å². The molecule has 21 heavy (non-hydrogen) atoms. The molecule has 2 aromatic rings. The van der Waals surface area contributed by atoms with E-state index in [0.717, 1.165) is 9.25 Å². The van der Waals surface area contributed by atoms with E-state index in [0.29, 0.717) is 5.56 Å². The molecule has 9 heteroatoms. The number of aromatic carboxylic acids is 1. The van der Waals surface area contributed by atoms with E-state index in [-0.39, 0.29) is 18.1 Å². The predicted octanol–water partition coefficient (Wildman–Crippen LogP) is -0.816. The number of nitrogens with zero attached hydrogens (tertiary/aromatic N) is 4. The first-order chi connectivity index (χ1) is 9.90. The first-order valence-electron chi connectivity index (χ1n) is 5.96. The highest BCUT2D eigenvalue weighted by Crippen LogP contribution is 2.02. The number of carboxylic acids is 1. The maximum absolute atomic E-state index is 11.8. The Bertz CT molecular complexity index is 791. The van der Waals surface area contributed by atoms with Crippen LogP contribution in [0.15, 0.2) is 27.9 Å². The van der Waals surface area contributed by atoms with Crippen molar-refractivity contribution in [3.8, 4) is 0 Å². The lowest BCUT2D eigenvalue weighted by Gasteiger charge is -2.08. The van der Waals surface area contributed by atoms with Crippen molar-refractivity contribution < 1.29 is 9.90 Å². The summed E-state index contributed by atoms with van der Waals surface area (Å²) in [6, 6.07) is 2.95. The van der Waals surface area contributed by atoms with Gasteiger partial charge in [-0.05, 0) is 11.6 Å². The van der Waals surface area contributed by atoms with E-state index in [1.165, 1.54) is 26.4 Å². The summed E-state index contributed by atoms with van der Waals surface area (Å²) in [5.41, 5.74) is -0.432. The van der Waals surface area contributed by atoms with Gasteiger partial charge in [0.15, 0.2) is 0 Å². The molecule has 2 N–H and O–H groups in total. The third-order valence-corrected chi connectivity index (χ3v) is 2.82. The molecular weight excluding hydrogens is 278 g/mol. The topological polar surface area (TPSA) is 119 Å². The molecule has 0 unspecified atom stereocenters. The highest BCUT2D eigenvalue weighted by Gasteiger charge is 2.08. The first-order valence-corrected chi connectivity index (χ1v) is 5.96. The van der Waals surface area contributed by atoms with Gasteiger partial charge >= 0.3 is 11.7 Å². The van der Waals surface area contributed by atoms with Gasteiger partial charge in [0.05, 0.1) is 0 Å². The molecule has 0 aliphatic rings. The highest BCUT2D eigenvalue weighted by atomic mass is 16.4. The van der Waals surface area contributed by atoms with Gasteiger partial charge in [-0.3, -0.25) is 9.36 Å². The molecule has 0 aliphatic heterocycles. The predicted molar refractivity (Wildman–Crippen MR) is 73.2 cm³/mol. The maximum Gasteiger partial charge on any atom is 0.354 e. The van der Waals surface area contributed by atoms with Gasteiger partial charge in [0.25, 0.3) is 5.56 Å². The smallest absolute Gasteiger partial charge is 0.354 e. The minimum Gasteiger partial charge on any atom is -0.477 e. The van der Waals surface area contributed by atoms with Crippen LogP contribution in [0.3, 0.4) is 0 Å². The molecule has 2 rings (SSSR count). The molecule has 110 valence electrons. The largest absolute Gasteiger partial charge is 0.477 e. The number of carboxylic acid groups (broad SMARTS) is 1. The number of pyridine rings is 1. The van der Waals surface area contributed by atoms with Gasteiger partial charge in [-0.2, -0.15) is 0 Å². The molecule has 2 heterocycles. The van der Waals surface area contributed by atoms with Crippen LogP contribution in [0.5, 0.6) is 0 Å². The molecule has 0 bridgehead atoms. The van der Waals surface area contributed by atoms with E-state index in [4.69, 9.17) is 5.11 Å². The number of hydrogen-bond donors (Lipinski definition) is 2. The molecule has 2 aromatic heterocycles. The number of aromatic nitrogens is 4. The Balaban J connectivity index is 2.19. The van der Waals surface area contributed by atoms with Gasteiger partial charge in [0, 0.05) is 26.8 Å². The Morgan fingerprint density at radius 2 is 2.05 bits per heavy atom. The zero-order valence-electron chi connectivity index (χ0n) is 11.4. The van der Waals surface area contributed by atoms with Crippen LogP contribution in [0.2, 0.25) is 0 Å². The standard InChI is InChI=1S/C12H13N5O4/c1-16-10(18)9(15-17(2)12(16)21)14-6-7-3-4-8(11(19)20)13-5-7/h3-5H,6H2,1-2H3,(H,14,15)(H,19,20). The van der Waals surface area contributed by atoms with Crippen molar-refractivity contribution in [1.82, 2.24) is 19.3 Å². The maximum atomic E-state index is 11.8. The minimum atomic E-state index is -1.11. The van der Waals surface area contributed by atoms with Gasteiger partial charge in [-0.15, -0.1) is 5.10 Å². The van der Waals surface area contributed by atoms with Gasteiger partial charge in [0.2, 0.25) is 5.82 Å². The normalized spacial score (nSPS) is 10.4. The van der Waals surface area contributed by atoms with Crippen LogP contribution < -0.4 is 16.6 Å². The Morgan fingerprint density at radius 3 is 2.62 bits per heavy atom. The Labute approximate surface area is 118 Å². The van der Waals surface area contributed by atoms with Crippen LogP contribution in [0.4, 0.5) is 5.82 Å². The summed E-state index contributed by atoms with van der Waals surface area (Å²) in [6.45, 7) is 0.230. The van der Waals surface area contributed by atoms with Crippen molar-refractivity contribution in [2.45, 2.75) is 6.54 Å². The van der Waals surface area contributed by atoms with E-state index < -0.39 is 17.2 Å². The van der Waals surface area contributed by atoms with Gasteiger partial charge < -0.3 is 10.4 Å². The SMILES string of the molecule is Cn1nc(NCc2ccc(C(=O)O)nc2)c(=O)n(C)c1=O. The van der Waals surface area contributed by atoms with Crippen LogP contribution in [-0.2, 0) is 20.6 Å². The van der Waals surface area contributed by atoms with Crippen molar-refractivity contribution in [1.29, 1.82) is 0 Å². The molecule has 0 atom stereocenters. The number of rotatable bonds is 4. The summed E-state index contributed by atoms with van der Waals surface area (Å²) >= 11 is 0. The Morgan fingerprint density at radius 1 is 1.33 bits per heavy atom. The van der Waals surface area contributed by atoms with Gasteiger partial charge in [0.1, 0.15) is 5.69 Å². The fourth-order valence-electron chi connectivity index (χ4n) is 1.65. The summed E-state index contributed by atoms with van der Waals surface area (Å²) in [4.78, 5) is 37.8. The summed E-state index contributed by atoms with van der Waals surface area (Å²) in [5.74, 6) is -1.08. The van der Waals surface area contributed by atoms with Gasteiger partial charge in [-0.1, -0.05) is 6.07 Å². The molecule has 0 spiro atoms. The number of hydrogen-bond acceptors (Lipinski definition) is 6. The molecule has 0 saturated carbocycles. The Kier molecular flexibility index (Phi) is 3.83. The number of aryl methyl sites for hydroxylation is 1. The number of carbonyl (C=O) groups is 1. The van der Waals surface area contributed by atoms with E-state index in [9.17, 15) is 14.4 Å². The summed E-state index contributed by atoms with van der Waals surface area (Å²) in [5, 5.41) is 15.4. The highest BCUT2D eigenvalue weighted by molar-refractivity contribution is 5.85. The molecular formula is C12H13N5O4. The number of nitrogens with one attached hydrogen (secondary N) is 1. The Hall–Kier alpha value is -2.97. The third kappa shape index (κ3) is 2.96. The second-order valence-electron chi connectivity index (χ2n) is 4.33. The molecule has 0 fully saturated rings. The molecule has 0 aromatic carbocycles. The van der Waals surface area contributed by atoms with Crippen molar-refractivity contribution >= 4 is 11.8 Å². The van der Waals surface area contributed by atoms with E-state index >= 15 is 0 Å². The third-order valence-electron chi connectivity index (χ3n) is 2.82. The first kappa shape index (κ1) is 14.4. The average molecular weight is 291 g/mol. The lowest BCUT2D eigenvalue weighted by Crippen LogP contribution is -2.39. The van der Waals surface area contributed by atoms with E-state index in [1.54, 1.807) is 6.07 Å². The molecule has 0 amide bonds. The van der Waals surface area contributed by atoms with Crippen molar-refractivity contribution in [3.05, 3.63) is 50.4 Å². The van der Waals surface area contributed by atoms with Crippen LogP contribution in [0.1, 0.15) is 16.1 Å². The van der Waals surface area contributed by atoms with Crippen molar-refractivity contribution in [3.63, 3.8) is 0 Å². The summed E-state index contributed by atoms with van der Waals surface area (Å²) < 4.78 is 2.00. The van der Waals surface area contributed by atoms with Gasteiger partial charge in [-0.25, -0.2) is 19.3 Å². The van der Waals surface area contributed by atoms with E-state index in [2.05, 4.69) is 15.4 Å². The van der Waals surface area contributed by atoms with Crippen LogP contribution in [0, 0.1) is 0 Å². The summed E-state index contributed by atoms with van der Waals surface area (Å²) in [6.07, 6.45) is 1.39. The molecule has 0 saturated heterocycles. The quantitative estimate of drug-likeness (QED) is 0.755. The van der Waals surface area contributed by atoms with Crippen molar-refractivity contribution in [2.24, 2.45) is 14.1 Å². The molecule has 0 radical (unpaired) electrons. The fourth-order valence-corrected chi connectivity index (χ4v) is 1.65. The zero-order chi connectivity index (χ0) is 15.6. The van der Waals surface area contributed by atoms with E-state index in [1.807, 2.05) is 0 Å². The lowest BCUT2D eigenvalue weighted by atomic mass is 10.2. The van der Waals surface area contributed by atoms with Crippen LogP contribution in [0.25, 0.3) is 0 Å². The molecule has 9 nitrogen and oxygen atoms in total. The fraction of sp³-hybridized carbons (Fsp3) is 0.250. The second kappa shape index (κ2) is 5.57. The number of anilines is 1. The lowest BCUT2D eigenvalue weighted by molar-refractivity contribution is 0.0690.